The number of pyridine rings is 2. The van der Waals surface area contributed by atoms with Crippen molar-refractivity contribution in [3.8, 4) is 16.9 Å². The smallest absolute Gasteiger partial charge is 0.263 e. The Kier molecular flexibility index (Phi) is 7.41. The second kappa shape index (κ2) is 11.1. The maximum Gasteiger partial charge on any atom is 0.263 e. The molecule has 40 heavy (non-hydrogen) atoms. The van der Waals surface area contributed by atoms with Crippen molar-refractivity contribution >= 4 is 16.9 Å². The number of fused-ring (bicyclic) bond motifs is 1. The highest BCUT2D eigenvalue weighted by molar-refractivity contribution is 5.94. The molecule has 5 aromatic rings. The lowest BCUT2D eigenvalue weighted by atomic mass is 10.0. The van der Waals surface area contributed by atoms with Crippen LogP contribution in [0.15, 0.2) is 78.0 Å². The Hall–Kier alpha value is -4.86. The van der Waals surface area contributed by atoms with Gasteiger partial charge in [-0.05, 0) is 85.1 Å². The fourth-order valence-electron chi connectivity index (χ4n) is 4.46. The lowest BCUT2D eigenvalue weighted by molar-refractivity contribution is 0.0948. The average Bonchev–Trinajstić information content (AvgIpc) is 3.35. The van der Waals surface area contributed by atoms with Crippen LogP contribution in [-0.2, 0) is 13.1 Å². The Morgan fingerprint density at radius 3 is 2.58 bits per heavy atom. The van der Waals surface area contributed by atoms with Crippen molar-refractivity contribution in [1.29, 1.82) is 0 Å². The molecule has 0 spiro atoms. The SMILES string of the molecule is CC(C)Oc1cc(CNC(=O)c2cccn(Cc3cc(F)c(F)c(F)c3)c2=O)cc(-c2c[nH]c3ncccc23)c1. The van der Waals surface area contributed by atoms with Crippen LogP contribution < -0.4 is 15.6 Å². The van der Waals surface area contributed by atoms with Crippen LogP contribution in [0.1, 0.15) is 35.3 Å². The average molecular weight is 547 g/mol. The third-order valence-corrected chi connectivity index (χ3v) is 6.21. The van der Waals surface area contributed by atoms with Gasteiger partial charge in [0.1, 0.15) is 17.0 Å². The molecule has 1 amide bonds. The summed E-state index contributed by atoms with van der Waals surface area (Å²) in [5.74, 6) is -4.30. The maximum absolute atomic E-state index is 13.6. The Morgan fingerprint density at radius 1 is 1.05 bits per heavy atom. The second-order valence-corrected chi connectivity index (χ2v) is 9.55. The van der Waals surface area contributed by atoms with E-state index in [0.717, 1.165) is 44.4 Å². The number of halogens is 3. The van der Waals surface area contributed by atoms with Crippen LogP contribution in [0.4, 0.5) is 13.2 Å². The van der Waals surface area contributed by atoms with Crippen molar-refractivity contribution in [3.63, 3.8) is 0 Å². The number of carbonyl (C=O) groups is 1. The number of benzene rings is 2. The van der Waals surface area contributed by atoms with E-state index in [1.165, 1.54) is 18.3 Å². The Bertz CT molecular complexity index is 1760. The van der Waals surface area contributed by atoms with E-state index in [1.807, 2.05) is 50.4 Å². The second-order valence-electron chi connectivity index (χ2n) is 9.55. The zero-order valence-corrected chi connectivity index (χ0v) is 21.7. The fourth-order valence-corrected chi connectivity index (χ4v) is 4.46. The van der Waals surface area contributed by atoms with Crippen molar-refractivity contribution in [3.05, 3.63) is 118 Å². The van der Waals surface area contributed by atoms with Crippen LogP contribution in [0.3, 0.4) is 0 Å². The molecule has 10 heteroatoms. The zero-order chi connectivity index (χ0) is 28.4. The van der Waals surface area contributed by atoms with E-state index in [-0.39, 0.29) is 30.3 Å². The van der Waals surface area contributed by atoms with E-state index < -0.39 is 28.9 Å². The van der Waals surface area contributed by atoms with Crippen molar-refractivity contribution in [2.45, 2.75) is 33.0 Å². The minimum Gasteiger partial charge on any atom is -0.491 e. The van der Waals surface area contributed by atoms with Crippen LogP contribution >= 0.6 is 0 Å². The summed E-state index contributed by atoms with van der Waals surface area (Å²) in [5, 5.41) is 3.70. The van der Waals surface area contributed by atoms with Crippen LogP contribution in [0.2, 0.25) is 0 Å². The molecular weight excluding hydrogens is 521 g/mol. The van der Waals surface area contributed by atoms with E-state index in [1.54, 1.807) is 6.20 Å². The number of H-pyrrole nitrogens is 1. The fraction of sp³-hybridized carbons (Fsp3) is 0.167. The molecule has 0 atom stereocenters. The lowest BCUT2D eigenvalue weighted by Crippen LogP contribution is -2.32. The third kappa shape index (κ3) is 5.61. The zero-order valence-electron chi connectivity index (χ0n) is 21.7. The van der Waals surface area contributed by atoms with Crippen LogP contribution in [0.5, 0.6) is 5.75 Å². The third-order valence-electron chi connectivity index (χ3n) is 6.21. The molecule has 0 bridgehead atoms. The highest BCUT2D eigenvalue weighted by Gasteiger charge is 2.16. The summed E-state index contributed by atoms with van der Waals surface area (Å²) in [7, 11) is 0. The number of amides is 1. The molecule has 0 saturated heterocycles. The van der Waals surface area contributed by atoms with E-state index >= 15 is 0 Å². The van der Waals surface area contributed by atoms with Gasteiger partial charge in [-0.2, -0.15) is 0 Å². The molecule has 204 valence electrons. The molecule has 2 N–H and O–H groups in total. The lowest BCUT2D eigenvalue weighted by Gasteiger charge is -2.14. The quantitative estimate of drug-likeness (QED) is 0.249. The molecule has 0 radical (unpaired) electrons. The van der Waals surface area contributed by atoms with Crippen LogP contribution in [0.25, 0.3) is 22.2 Å². The largest absolute Gasteiger partial charge is 0.491 e. The molecule has 0 aliphatic rings. The van der Waals surface area contributed by atoms with Gasteiger partial charge in [-0.3, -0.25) is 9.59 Å². The Morgan fingerprint density at radius 2 is 1.82 bits per heavy atom. The molecule has 0 saturated carbocycles. The van der Waals surface area contributed by atoms with Crippen LogP contribution in [0, 0.1) is 17.5 Å². The topological polar surface area (TPSA) is 89.0 Å². The van der Waals surface area contributed by atoms with Gasteiger partial charge >= 0.3 is 0 Å². The van der Waals surface area contributed by atoms with Crippen molar-refractivity contribution in [2.75, 3.05) is 0 Å². The minimum atomic E-state index is -1.59. The Labute approximate surface area is 227 Å². The summed E-state index contributed by atoms with van der Waals surface area (Å²) in [6.07, 6.45) is 4.87. The van der Waals surface area contributed by atoms with E-state index in [2.05, 4.69) is 15.3 Å². The molecule has 3 aromatic heterocycles. The summed E-state index contributed by atoms with van der Waals surface area (Å²) < 4.78 is 47.6. The molecular formula is C30H25F3N4O3. The van der Waals surface area contributed by atoms with E-state index in [0.29, 0.717) is 5.75 Å². The van der Waals surface area contributed by atoms with Crippen LogP contribution in [-0.4, -0.2) is 26.5 Å². The number of aromatic amines is 1. The first kappa shape index (κ1) is 26.7. The number of carbonyl (C=O) groups excluding carboxylic acids is 1. The highest BCUT2D eigenvalue weighted by Crippen LogP contribution is 2.31. The van der Waals surface area contributed by atoms with E-state index in [9.17, 15) is 22.8 Å². The predicted molar refractivity (Wildman–Crippen MR) is 145 cm³/mol. The summed E-state index contributed by atoms with van der Waals surface area (Å²) in [5.41, 5.74) is 2.50. The molecule has 7 nitrogen and oxygen atoms in total. The van der Waals surface area contributed by atoms with Crippen molar-refractivity contribution in [1.82, 2.24) is 19.9 Å². The van der Waals surface area contributed by atoms with Gasteiger partial charge in [0.05, 0.1) is 12.6 Å². The maximum atomic E-state index is 13.6. The van der Waals surface area contributed by atoms with Gasteiger partial charge in [0.15, 0.2) is 17.5 Å². The summed E-state index contributed by atoms with van der Waals surface area (Å²) >= 11 is 0. The van der Waals surface area contributed by atoms with Gasteiger partial charge in [-0.1, -0.05) is 0 Å². The van der Waals surface area contributed by atoms with Crippen molar-refractivity contribution in [2.24, 2.45) is 0 Å². The number of ether oxygens (including phenoxy) is 1. The van der Waals surface area contributed by atoms with Gasteiger partial charge in [0.2, 0.25) is 0 Å². The summed E-state index contributed by atoms with van der Waals surface area (Å²) in [6.45, 7) is 3.69. The monoisotopic (exact) mass is 546 g/mol. The van der Waals surface area contributed by atoms with E-state index in [4.69, 9.17) is 4.74 Å². The Balaban J connectivity index is 1.39. The normalized spacial score (nSPS) is 11.2. The molecule has 0 aliphatic heterocycles. The number of hydrogen-bond donors (Lipinski definition) is 2. The predicted octanol–water partition coefficient (Wildman–Crippen LogP) is 5.57. The number of nitrogens with one attached hydrogen (secondary N) is 2. The van der Waals surface area contributed by atoms with Gasteiger partial charge in [-0.25, -0.2) is 18.2 Å². The van der Waals surface area contributed by atoms with Gasteiger partial charge < -0.3 is 19.6 Å². The van der Waals surface area contributed by atoms with Gasteiger partial charge in [0.25, 0.3) is 11.5 Å². The molecule has 2 aromatic carbocycles. The molecule has 5 rings (SSSR count). The first-order chi connectivity index (χ1) is 19.2. The van der Waals surface area contributed by atoms with Gasteiger partial charge in [-0.15, -0.1) is 0 Å². The minimum absolute atomic E-state index is 0.0398. The number of rotatable bonds is 8. The first-order valence-corrected chi connectivity index (χ1v) is 12.5. The molecule has 3 heterocycles. The first-order valence-electron chi connectivity index (χ1n) is 12.5. The molecule has 0 fully saturated rings. The molecule has 0 unspecified atom stereocenters. The van der Waals surface area contributed by atoms with Crippen molar-refractivity contribution < 1.29 is 22.7 Å². The molecule has 0 aliphatic carbocycles. The number of nitrogens with zero attached hydrogens (tertiary/aromatic N) is 2. The number of hydrogen-bond acceptors (Lipinski definition) is 4. The number of aromatic nitrogens is 3. The summed E-state index contributed by atoms with van der Waals surface area (Å²) in [4.78, 5) is 33.5. The summed E-state index contributed by atoms with van der Waals surface area (Å²) in [6, 6.07) is 13.9. The standard InChI is InChI=1S/C30H25F3N4O3/c1-17(2)40-21-10-18(9-20(13-21)24-15-35-28-22(24)5-3-7-34-28)14-36-29(38)23-6-4-8-37(30(23)39)16-19-11-25(31)27(33)26(32)12-19/h3-13,15,17H,14,16H2,1-2H3,(H,34,35)(H,36,38). The van der Waals surface area contributed by atoms with Gasteiger partial charge in [0, 0.05) is 36.1 Å². The highest BCUT2D eigenvalue weighted by atomic mass is 19.2.